The first kappa shape index (κ1) is 25.1. The van der Waals surface area contributed by atoms with Crippen molar-refractivity contribution < 1.29 is 27.1 Å². The van der Waals surface area contributed by atoms with Crippen LogP contribution in [0, 0.1) is 5.41 Å². The molecule has 3 fully saturated rings. The van der Waals surface area contributed by atoms with Gasteiger partial charge in [-0.1, -0.05) is 0 Å². The molecule has 3 aromatic rings. The molecular weight excluding hydrogens is 518 g/mol. The molecule has 0 unspecified atom stereocenters. The Bertz CT molecular complexity index is 1530. The Morgan fingerprint density at radius 3 is 2.45 bits per heavy atom. The van der Waals surface area contributed by atoms with Gasteiger partial charge in [0.05, 0.1) is 52.6 Å². The van der Waals surface area contributed by atoms with Gasteiger partial charge in [0.25, 0.3) is 11.8 Å². The lowest BCUT2D eigenvalue weighted by atomic mass is 9.88. The molecule has 1 spiro atoms. The highest BCUT2D eigenvalue weighted by Crippen LogP contribution is 2.55. The van der Waals surface area contributed by atoms with Gasteiger partial charge in [-0.25, -0.2) is 31.8 Å². The van der Waals surface area contributed by atoms with Gasteiger partial charge in [0.15, 0.2) is 15.5 Å². The first-order valence-corrected chi connectivity index (χ1v) is 14.3. The van der Waals surface area contributed by atoms with Crippen LogP contribution in [0.15, 0.2) is 29.4 Å². The molecule has 0 atom stereocenters. The van der Waals surface area contributed by atoms with Crippen LogP contribution in [0.3, 0.4) is 0 Å². The van der Waals surface area contributed by atoms with Crippen LogP contribution >= 0.6 is 0 Å². The third kappa shape index (κ3) is 4.21. The number of nitrogens with two attached hydrogens (primary N) is 1. The van der Waals surface area contributed by atoms with Crippen molar-refractivity contribution in [2.45, 2.75) is 55.4 Å². The van der Waals surface area contributed by atoms with E-state index in [0.717, 1.165) is 25.7 Å². The summed E-state index contributed by atoms with van der Waals surface area (Å²) >= 11 is 0. The number of rotatable bonds is 7. The highest BCUT2D eigenvalue weighted by atomic mass is 32.2. The maximum Gasteiger partial charge on any atom is 0.252 e. The van der Waals surface area contributed by atoms with Gasteiger partial charge in [0, 0.05) is 31.5 Å². The molecule has 1 aliphatic heterocycles. The molecule has 1 amide bonds. The monoisotopic (exact) mass is 546 g/mol. The number of alkyl halides is 2. The summed E-state index contributed by atoms with van der Waals surface area (Å²) in [6.07, 6.45) is 6.23. The van der Waals surface area contributed by atoms with Gasteiger partial charge in [-0.15, -0.1) is 0 Å². The molecule has 13 heteroatoms. The number of fused-ring (bicyclic) bond motifs is 1. The zero-order chi connectivity index (χ0) is 26.9. The summed E-state index contributed by atoms with van der Waals surface area (Å²) in [7, 11) is -4.00. The summed E-state index contributed by atoms with van der Waals surface area (Å²) in [6, 6.07) is 2.16. The molecule has 3 aliphatic rings. The van der Waals surface area contributed by atoms with Gasteiger partial charge >= 0.3 is 0 Å². The summed E-state index contributed by atoms with van der Waals surface area (Å²) in [5.41, 5.74) is 7.56. The average Bonchev–Trinajstić information content (AvgIpc) is 3.48. The first-order chi connectivity index (χ1) is 18.0. The predicted octanol–water partition coefficient (Wildman–Crippen LogP) is 2.71. The number of nitrogens with zero attached hydrogens (tertiary/aromatic N) is 5. The Hall–Kier alpha value is -3.19. The van der Waals surface area contributed by atoms with E-state index in [4.69, 9.17) is 5.73 Å². The molecule has 10 nitrogen and oxygen atoms in total. The van der Waals surface area contributed by atoms with E-state index in [1.54, 1.807) is 0 Å². The van der Waals surface area contributed by atoms with E-state index in [2.05, 4.69) is 15.1 Å². The molecule has 38 heavy (non-hydrogen) atoms. The van der Waals surface area contributed by atoms with E-state index in [9.17, 15) is 27.1 Å². The van der Waals surface area contributed by atoms with Gasteiger partial charge in [-0.05, 0) is 43.2 Å². The molecule has 3 heterocycles. The minimum absolute atomic E-state index is 0.104. The first-order valence-electron chi connectivity index (χ1n) is 12.7. The molecular formula is C25H28F2N6O4S. The number of sulfone groups is 1. The third-order valence-electron chi connectivity index (χ3n) is 8.17. The number of hydrogen-bond acceptors (Lipinski definition) is 8. The van der Waals surface area contributed by atoms with E-state index in [1.165, 1.54) is 29.2 Å². The largest absolute Gasteiger partial charge is 0.395 e. The lowest BCUT2D eigenvalue weighted by molar-refractivity contribution is -0.106. The molecule has 6 rings (SSSR count). The van der Waals surface area contributed by atoms with Crippen molar-refractivity contribution >= 4 is 32.6 Å². The van der Waals surface area contributed by atoms with Crippen molar-refractivity contribution in [1.29, 1.82) is 0 Å². The fourth-order valence-electron chi connectivity index (χ4n) is 5.73. The Balaban J connectivity index is 1.55. The van der Waals surface area contributed by atoms with Crippen LogP contribution in [0.2, 0.25) is 0 Å². The van der Waals surface area contributed by atoms with Crippen molar-refractivity contribution in [3.05, 3.63) is 30.1 Å². The van der Waals surface area contributed by atoms with Crippen LogP contribution in [-0.2, 0) is 9.84 Å². The van der Waals surface area contributed by atoms with Crippen molar-refractivity contribution in [2.75, 3.05) is 30.3 Å². The number of anilines is 1. The summed E-state index contributed by atoms with van der Waals surface area (Å²) in [4.78, 5) is 23.5. The average molecular weight is 547 g/mol. The number of aliphatic hydroxyl groups is 1. The number of piperidine rings is 1. The van der Waals surface area contributed by atoms with Crippen LogP contribution in [0.25, 0.3) is 22.4 Å². The van der Waals surface area contributed by atoms with Gasteiger partial charge in [0.1, 0.15) is 5.52 Å². The maximum atomic E-state index is 13.6. The fourth-order valence-corrected chi connectivity index (χ4v) is 6.98. The van der Waals surface area contributed by atoms with E-state index in [-0.39, 0.29) is 40.2 Å². The summed E-state index contributed by atoms with van der Waals surface area (Å²) in [6.45, 7) is 0.636. The SMILES string of the molecule is NC(=O)c1ccc(S(=O)(=O)CCO)c(-c2cnc3cnn(C4CC(F)(F)C4)c3n2)c1N1CCC2(CC1)CC2. The Labute approximate surface area is 217 Å². The number of primary amides is 1. The minimum Gasteiger partial charge on any atom is -0.395 e. The highest BCUT2D eigenvalue weighted by Gasteiger charge is 2.48. The van der Waals surface area contributed by atoms with Gasteiger partial charge in [0.2, 0.25) is 0 Å². The van der Waals surface area contributed by atoms with Crippen molar-refractivity contribution in [2.24, 2.45) is 11.1 Å². The highest BCUT2D eigenvalue weighted by molar-refractivity contribution is 7.91. The van der Waals surface area contributed by atoms with Crippen molar-refractivity contribution in [3.8, 4) is 11.3 Å². The normalized spacial score (nSPS) is 20.6. The molecule has 2 aromatic heterocycles. The topological polar surface area (TPSA) is 144 Å². The van der Waals surface area contributed by atoms with Crippen LogP contribution in [0.4, 0.5) is 14.5 Å². The fraction of sp³-hybridized carbons (Fsp3) is 0.520. The molecule has 1 saturated heterocycles. The van der Waals surface area contributed by atoms with Crippen LogP contribution in [0.5, 0.6) is 0 Å². The summed E-state index contributed by atoms with van der Waals surface area (Å²) < 4.78 is 55.3. The van der Waals surface area contributed by atoms with Crippen LogP contribution in [0.1, 0.15) is 54.9 Å². The second kappa shape index (κ2) is 8.67. The number of carbonyl (C=O) groups is 1. The molecule has 3 N–H and O–H groups in total. The van der Waals surface area contributed by atoms with E-state index < -0.39 is 40.1 Å². The molecule has 0 bridgehead atoms. The van der Waals surface area contributed by atoms with Crippen LogP contribution < -0.4 is 10.6 Å². The summed E-state index contributed by atoms with van der Waals surface area (Å²) in [5.74, 6) is -4.01. The number of aromatic nitrogens is 4. The quantitative estimate of drug-likeness (QED) is 0.460. The van der Waals surface area contributed by atoms with Gasteiger partial charge < -0.3 is 15.7 Å². The second-order valence-corrected chi connectivity index (χ2v) is 12.8. The molecule has 2 aliphatic carbocycles. The Kier molecular flexibility index (Phi) is 5.73. The number of halogens is 2. The second-order valence-electron chi connectivity index (χ2n) is 10.7. The van der Waals surface area contributed by atoms with Gasteiger partial charge in [-0.3, -0.25) is 4.79 Å². The number of aliphatic hydroxyl groups excluding tert-OH is 1. The Morgan fingerprint density at radius 1 is 1.13 bits per heavy atom. The number of benzene rings is 1. The van der Waals surface area contributed by atoms with E-state index in [0.29, 0.717) is 29.7 Å². The number of hydrogen-bond donors (Lipinski definition) is 2. The zero-order valence-electron chi connectivity index (χ0n) is 20.6. The summed E-state index contributed by atoms with van der Waals surface area (Å²) in [5, 5.41) is 13.7. The van der Waals surface area contributed by atoms with Gasteiger partial charge in [-0.2, -0.15) is 5.10 Å². The lowest BCUT2D eigenvalue weighted by Gasteiger charge is -2.36. The molecule has 202 valence electrons. The lowest BCUT2D eigenvalue weighted by Crippen LogP contribution is -2.37. The third-order valence-corrected chi connectivity index (χ3v) is 9.90. The number of amides is 1. The molecule has 1 aromatic carbocycles. The maximum absolute atomic E-state index is 13.6. The Morgan fingerprint density at radius 2 is 1.84 bits per heavy atom. The van der Waals surface area contributed by atoms with Crippen molar-refractivity contribution in [1.82, 2.24) is 19.7 Å². The standard InChI is InChI=1S/C25H28F2N6O4S/c26-25(27)11-15(12-25)33-23-18(14-30-33)29-13-17(31-23)20-19(38(36,37)10-9-34)2-1-16(22(28)35)21(20)32-7-5-24(3-4-24)6-8-32/h1-2,13-15,34H,3-12H2,(H2,28,35). The van der Waals surface area contributed by atoms with E-state index in [1.807, 2.05) is 4.90 Å². The van der Waals surface area contributed by atoms with E-state index >= 15 is 0 Å². The predicted molar refractivity (Wildman–Crippen MR) is 135 cm³/mol. The van der Waals surface area contributed by atoms with Crippen LogP contribution in [-0.4, -0.2) is 70.6 Å². The smallest absolute Gasteiger partial charge is 0.252 e. The molecule has 2 saturated carbocycles. The zero-order valence-corrected chi connectivity index (χ0v) is 21.4. The molecule has 0 radical (unpaired) electrons. The van der Waals surface area contributed by atoms with Crippen molar-refractivity contribution in [3.63, 3.8) is 0 Å². The number of carbonyl (C=O) groups excluding carboxylic acids is 1. The minimum atomic E-state index is -4.00.